The number of aromatic nitrogens is 2. The first-order valence-corrected chi connectivity index (χ1v) is 6.71. The zero-order valence-electron chi connectivity index (χ0n) is 11.7. The topological polar surface area (TPSA) is 83.8 Å². The van der Waals surface area contributed by atoms with Gasteiger partial charge in [-0.05, 0) is 36.9 Å². The maximum Gasteiger partial charge on any atom is 0.248 e. The van der Waals surface area contributed by atoms with E-state index >= 15 is 0 Å². The van der Waals surface area contributed by atoms with Crippen LogP contribution in [-0.2, 0) is 6.54 Å². The van der Waals surface area contributed by atoms with Gasteiger partial charge in [0.1, 0.15) is 0 Å². The van der Waals surface area contributed by atoms with Crippen molar-refractivity contribution in [3.63, 3.8) is 0 Å². The van der Waals surface area contributed by atoms with Gasteiger partial charge < -0.3 is 11.1 Å². The van der Waals surface area contributed by atoms with Crippen LogP contribution in [0.25, 0.3) is 22.2 Å². The van der Waals surface area contributed by atoms with E-state index in [-0.39, 0.29) is 0 Å². The largest absolute Gasteiger partial charge is 0.366 e. The monoisotopic (exact) mass is 280 g/mol. The van der Waals surface area contributed by atoms with Crippen LogP contribution in [0.3, 0.4) is 0 Å². The molecule has 106 valence electrons. The van der Waals surface area contributed by atoms with Crippen LogP contribution in [-0.4, -0.2) is 23.2 Å². The highest BCUT2D eigenvalue weighted by Gasteiger charge is 2.11. The molecule has 1 heterocycles. The molecule has 0 bridgehead atoms. The van der Waals surface area contributed by atoms with Gasteiger partial charge in [0.25, 0.3) is 0 Å². The number of nitrogens with two attached hydrogens (primary N) is 1. The van der Waals surface area contributed by atoms with E-state index in [0.29, 0.717) is 5.56 Å². The molecule has 0 saturated carbocycles. The third-order valence-electron chi connectivity index (χ3n) is 3.43. The Kier molecular flexibility index (Phi) is 3.41. The van der Waals surface area contributed by atoms with Crippen LogP contribution in [0.2, 0.25) is 0 Å². The third kappa shape index (κ3) is 2.51. The molecule has 3 aromatic rings. The van der Waals surface area contributed by atoms with Gasteiger partial charge in [0.2, 0.25) is 5.91 Å². The number of nitrogens with one attached hydrogen (secondary N) is 2. The average molecular weight is 280 g/mol. The second kappa shape index (κ2) is 5.38. The fourth-order valence-electron chi connectivity index (χ4n) is 2.42. The smallest absolute Gasteiger partial charge is 0.248 e. The summed E-state index contributed by atoms with van der Waals surface area (Å²) in [6.45, 7) is 0.794. The maximum atomic E-state index is 11.3. The predicted octanol–water partition coefficient (Wildman–Crippen LogP) is 2.05. The van der Waals surface area contributed by atoms with Crippen molar-refractivity contribution in [2.45, 2.75) is 6.54 Å². The Morgan fingerprint density at radius 1 is 1.29 bits per heavy atom. The Hall–Kier alpha value is -2.66. The summed E-state index contributed by atoms with van der Waals surface area (Å²) in [6.07, 6.45) is 0. The highest BCUT2D eigenvalue weighted by atomic mass is 16.1. The molecule has 5 heteroatoms. The van der Waals surface area contributed by atoms with Gasteiger partial charge in [-0.1, -0.05) is 18.2 Å². The highest BCUT2D eigenvalue weighted by Crippen LogP contribution is 2.27. The van der Waals surface area contributed by atoms with Gasteiger partial charge in [-0.3, -0.25) is 9.89 Å². The lowest BCUT2D eigenvalue weighted by Crippen LogP contribution is -2.10. The Balaban J connectivity index is 2.13. The van der Waals surface area contributed by atoms with Gasteiger partial charge in [0.15, 0.2) is 0 Å². The number of rotatable bonds is 4. The number of H-pyrrole nitrogens is 1. The fraction of sp³-hybridized carbons (Fsp3) is 0.125. The first-order chi connectivity index (χ1) is 10.2. The lowest BCUT2D eigenvalue weighted by Gasteiger charge is -2.03. The van der Waals surface area contributed by atoms with E-state index < -0.39 is 5.91 Å². The van der Waals surface area contributed by atoms with Crippen LogP contribution in [0.1, 0.15) is 15.9 Å². The quantitative estimate of drug-likeness (QED) is 0.684. The number of carbonyl (C=O) groups is 1. The molecule has 0 aliphatic heterocycles. The molecule has 1 aromatic heterocycles. The minimum Gasteiger partial charge on any atom is -0.366 e. The number of carbonyl (C=O) groups excluding carboxylic acids is 1. The lowest BCUT2D eigenvalue weighted by atomic mass is 10.0. The van der Waals surface area contributed by atoms with E-state index in [1.54, 1.807) is 12.1 Å². The van der Waals surface area contributed by atoms with E-state index in [1.165, 1.54) is 5.56 Å². The highest BCUT2D eigenvalue weighted by molar-refractivity contribution is 6.00. The lowest BCUT2D eigenvalue weighted by molar-refractivity contribution is 0.100. The standard InChI is InChI=1S/C16H16N4O/c1-18-9-10-3-2-4-11(7-10)15-13-8-12(16(17)21)5-6-14(13)19-20-15/h2-8,18H,9H2,1H3,(H2,17,21)(H,19,20). The van der Waals surface area contributed by atoms with Crippen LogP contribution in [0.4, 0.5) is 0 Å². The molecular formula is C16H16N4O. The van der Waals surface area contributed by atoms with E-state index in [9.17, 15) is 4.79 Å². The van der Waals surface area contributed by atoms with Crippen LogP contribution in [0.5, 0.6) is 0 Å². The molecule has 0 fully saturated rings. The van der Waals surface area contributed by atoms with Crippen molar-refractivity contribution in [2.75, 3.05) is 7.05 Å². The summed E-state index contributed by atoms with van der Waals surface area (Å²) in [4.78, 5) is 11.3. The van der Waals surface area contributed by atoms with Crippen molar-refractivity contribution in [1.29, 1.82) is 0 Å². The second-order valence-electron chi connectivity index (χ2n) is 4.93. The molecule has 0 spiro atoms. The SMILES string of the molecule is CNCc1cccc(-c2n[nH]c3ccc(C(N)=O)cc23)c1. The van der Waals surface area contributed by atoms with Crippen LogP contribution < -0.4 is 11.1 Å². The molecular weight excluding hydrogens is 264 g/mol. The first-order valence-electron chi connectivity index (χ1n) is 6.71. The molecule has 0 aliphatic rings. The van der Waals surface area contributed by atoms with Gasteiger partial charge in [0, 0.05) is 23.1 Å². The molecule has 0 aliphatic carbocycles. The molecule has 0 saturated heterocycles. The van der Waals surface area contributed by atoms with Gasteiger partial charge in [0.05, 0.1) is 11.2 Å². The van der Waals surface area contributed by atoms with E-state index in [2.05, 4.69) is 27.6 Å². The van der Waals surface area contributed by atoms with E-state index in [1.807, 2.05) is 25.2 Å². The molecule has 0 atom stereocenters. The van der Waals surface area contributed by atoms with Crippen LogP contribution >= 0.6 is 0 Å². The van der Waals surface area contributed by atoms with Crippen molar-refractivity contribution < 1.29 is 4.79 Å². The minimum atomic E-state index is -0.437. The van der Waals surface area contributed by atoms with Gasteiger partial charge in [-0.2, -0.15) is 5.10 Å². The average Bonchev–Trinajstić information content (AvgIpc) is 2.90. The van der Waals surface area contributed by atoms with Crippen molar-refractivity contribution in [1.82, 2.24) is 15.5 Å². The Morgan fingerprint density at radius 2 is 2.14 bits per heavy atom. The minimum absolute atomic E-state index is 0.437. The molecule has 1 amide bonds. The van der Waals surface area contributed by atoms with Crippen LogP contribution in [0.15, 0.2) is 42.5 Å². The summed E-state index contributed by atoms with van der Waals surface area (Å²) in [5.74, 6) is -0.437. The number of benzene rings is 2. The summed E-state index contributed by atoms with van der Waals surface area (Å²) in [6, 6.07) is 13.5. The predicted molar refractivity (Wildman–Crippen MR) is 82.8 cm³/mol. The number of fused-ring (bicyclic) bond motifs is 1. The number of amides is 1. The molecule has 3 rings (SSSR count). The molecule has 21 heavy (non-hydrogen) atoms. The normalized spacial score (nSPS) is 10.9. The van der Waals surface area contributed by atoms with Crippen molar-refractivity contribution in [3.05, 3.63) is 53.6 Å². The molecule has 5 nitrogen and oxygen atoms in total. The molecule has 2 aromatic carbocycles. The van der Waals surface area contributed by atoms with Crippen molar-refractivity contribution >= 4 is 16.8 Å². The van der Waals surface area contributed by atoms with E-state index in [0.717, 1.165) is 28.7 Å². The zero-order chi connectivity index (χ0) is 14.8. The summed E-state index contributed by atoms with van der Waals surface area (Å²) >= 11 is 0. The van der Waals surface area contributed by atoms with Gasteiger partial charge >= 0.3 is 0 Å². The van der Waals surface area contributed by atoms with Gasteiger partial charge in [-0.15, -0.1) is 0 Å². The summed E-state index contributed by atoms with van der Waals surface area (Å²) in [5, 5.41) is 11.4. The van der Waals surface area contributed by atoms with E-state index in [4.69, 9.17) is 5.73 Å². The molecule has 0 radical (unpaired) electrons. The maximum absolute atomic E-state index is 11.3. The number of nitrogens with zero attached hydrogens (tertiary/aromatic N) is 1. The summed E-state index contributed by atoms with van der Waals surface area (Å²) in [7, 11) is 1.91. The molecule has 4 N–H and O–H groups in total. The molecule has 0 unspecified atom stereocenters. The fourth-order valence-corrected chi connectivity index (χ4v) is 2.42. The Morgan fingerprint density at radius 3 is 2.90 bits per heavy atom. The van der Waals surface area contributed by atoms with Crippen LogP contribution in [0, 0.1) is 0 Å². The zero-order valence-corrected chi connectivity index (χ0v) is 11.7. The number of hydrogen-bond acceptors (Lipinski definition) is 3. The number of aromatic amines is 1. The van der Waals surface area contributed by atoms with Crippen molar-refractivity contribution in [2.24, 2.45) is 5.73 Å². The second-order valence-corrected chi connectivity index (χ2v) is 4.93. The van der Waals surface area contributed by atoms with Crippen molar-refractivity contribution in [3.8, 4) is 11.3 Å². The third-order valence-corrected chi connectivity index (χ3v) is 3.43. The summed E-state index contributed by atoms with van der Waals surface area (Å²) < 4.78 is 0. The Labute approximate surface area is 122 Å². The Bertz CT molecular complexity index is 807. The van der Waals surface area contributed by atoms with Gasteiger partial charge in [-0.25, -0.2) is 0 Å². The summed E-state index contributed by atoms with van der Waals surface area (Å²) in [5.41, 5.74) is 9.73. The number of hydrogen-bond donors (Lipinski definition) is 3. The number of primary amides is 1. The first kappa shape index (κ1) is 13.3.